The maximum atomic E-state index is 11.1. The molecule has 4 nitrogen and oxygen atoms in total. The van der Waals surface area contributed by atoms with Crippen molar-refractivity contribution < 1.29 is 14.6 Å². The van der Waals surface area contributed by atoms with Crippen molar-refractivity contribution in [1.82, 2.24) is 0 Å². The Labute approximate surface area is 82.5 Å². The maximum absolute atomic E-state index is 11.1. The van der Waals surface area contributed by atoms with E-state index in [2.05, 4.69) is 5.16 Å². The molecule has 0 amide bonds. The van der Waals surface area contributed by atoms with Gasteiger partial charge in [0.2, 0.25) is 6.54 Å². The highest BCUT2D eigenvalue weighted by atomic mass is 16.4. The third-order valence-corrected chi connectivity index (χ3v) is 1.84. The van der Waals surface area contributed by atoms with E-state index in [9.17, 15) is 4.79 Å². The quantitative estimate of drug-likeness (QED) is 0.332. The summed E-state index contributed by atoms with van der Waals surface area (Å²) in [6.45, 7) is 2.20. The fraction of sp³-hybridized carbons (Fsp3) is 0.300. The summed E-state index contributed by atoms with van der Waals surface area (Å²) >= 11 is 0. The lowest BCUT2D eigenvalue weighted by Gasteiger charge is -1.94. The van der Waals surface area contributed by atoms with Gasteiger partial charge >= 0.3 is 0 Å². The average molecular weight is 193 g/mol. The van der Waals surface area contributed by atoms with Crippen LogP contribution in [0.3, 0.4) is 0 Å². The van der Waals surface area contributed by atoms with Gasteiger partial charge in [-0.25, -0.2) is 0 Å². The lowest BCUT2D eigenvalue weighted by Crippen LogP contribution is -2.37. The number of carbonyl (C=O) groups is 1. The number of carbonyl (C=O) groups excluding carboxylic acids is 1. The van der Waals surface area contributed by atoms with Crippen LogP contribution in [0.5, 0.6) is 0 Å². The molecule has 0 bridgehead atoms. The average Bonchev–Trinajstić information content (AvgIpc) is 2.19. The van der Waals surface area contributed by atoms with Crippen LogP contribution in [0.15, 0.2) is 29.7 Å². The van der Waals surface area contributed by atoms with Gasteiger partial charge in [-0.05, 0) is 6.07 Å². The van der Waals surface area contributed by atoms with Crippen molar-refractivity contribution in [3.63, 3.8) is 0 Å². The van der Waals surface area contributed by atoms with Gasteiger partial charge in [0.1, 0.15) is 0 Å². The molecule has 0 saturated carbocycles. The number of Topliss-reactive ketones (excluding diaryl/α,β-unsaturated/α-hetero) is 1. The van der Waals surface area contributed by atoms with Gasteiger partial charge in [-0.2, -0.15) is 4.57 Å². The molecule has 0 radical (unpaired) electrons. The van der Waals surface area contributed by atoms with Gasteiger partial charge in [-0.15, -0.1) is 0 Å². The van der Waals surface area contributed by atoms with Crippen LogP contribution in [0, 0.1) is 0 Å². The van der Waals surface area contributed by atoms with Crippen LogP contribution < -0.4 is 4.57 Å². The lowest BCUT2D eigenvalue weighted by atomic mass is 10.3. The van der Waals surface area contributed by atoms with Crippen molar-refractivity contribution >= 4 is 12.0 Å². The summed E-state index contributed by atoms with van der Waals surface area (Å²) in [7, 11) is 0. The van der Waals surface area contributed by atoms with Crippen LogP contribution in [0.2, 0.25) is 0 Å². The highest BCUT2D eigenvalue weighted by Gasteiger charge is 2.06. The molecule has 14 heavy (non-hydrogen) atoms. The molecular weight excluding hydrogens is 180 g/mol. The number of rotatable bonds is 4. The number of hydrogen-bond acceptors (Lipinski definition) is 3. The van der Waals surface area contributed by atoms with E-state index in [-0.39, 0.29) is 5.78 Å². The first-order valence-electron chi connectivity index (χ1n) is 4.44. The van der Waals surface area contributed by atoms with Gasteiger partial charge < -0.3 is 5.21 Å². The van der Waals surface area contributed by atoms with E-state index >= 15 is 0 Å². The van der Waals surface area contributed by atoms with Crippen LogP contribution >= 0.6 is 0 Å². The van der Waals surface area contributed by atoms with Gasteiger partial charge in [-0.3, -0.25) is 4.79 Å². The van der Waals surface area contributed by atoms with Gasteiger partial charge in [0.05, 0.1) is 11.8 Å². The molecule has 0 aliphatic carbocycles. The Balaban J connectivity index is 2.78. The minimum Gasteiger partial charge on any atom is -0.411 e. The van der Waals surface area contributed by atoms with Crippen molar-refractivity contribution in [1.29, 1.82) is 0 Å². The summed E-state index contributed by atoms with van der Waals surface area (Å²) in [5, 5.41) is 11.3. The van der Waals surface area contributed by atoms with Crippen molar-refractivity contribution in [2.24, 2.45) is 5.16 Å². The van der Waals surface area contributed by atoms with E-state index in [0.717, 1.165) is 5.56 Å². The molecular formula is C10H13N2O2+. The SMILES string of the molecule is CCC(=O)C[n+]1cccc(C=NO)c1. The zero-order chi connectivity index (χ0) is 10.4. The molecule has 0 fully saturated rings. The van der Waals surface area contributed by atoms with Crippen LogP contribution in [0.1, 0.15) is 18.9 Å². The number of ketones is 1. The van der Waals surface area contributed by atoms with Crippen molar-refractivity contribution in [3.05, 3.63) is 30.1 Å². The molecule has 1 N–H and O–H groups in total. The lowest BCUT2D eigenvalue weighted by molar-refractivity contribution is -0.684. The van der Waals surface area contributed by atoms with Crippen molar-refractivity contribution in [2.75, 3.05) is 0 Å². The third kappa shape index (κ3) is 2.97. The molecule has 4 heteroatoms. The molecule has 74 valence electrons. The highest BCUT2D eigenvalue weighted by Crippen LogP contribution is 1.90. The summed E-state index contributed by atoms with van der Waals surface area (Å²) in [6, 6.07) is 3.60. The molecule has 0 aliphatic rings. The van der Waals surface area contributed by atoms with E-state index in [1.54, 1.807) is 22.9 Å². The van der Waals surface area contributed by atoms with Gasteiger partial charge in [0.25, 0.3) is 0 Å². The maximum Gasteiger partial charge on any atom is 0.206 e. The van der Waals surface area contributed by atoms with Crippen LogP contribution in [-0.2, 0) is 11.3 Å². The van der Waals surface area contributed by atoms with Crippen molar-refractivity contribution in [3.8, 4) is 0 Å². The fourth-order valence-electron chi connectivity index (χ4n) is 1.10. The Bertz CT molecular complexity index is 348. The Hall–Kier alpha value is -1.71. The predicted molar refractivity (Wildman–Crippen MR) is 51.3 cm³/mol. The van der Waals surface area contributed by atoms with Crippen LogP contribution in [0.4, 0.5) is 0 Å². The molecule has 0 aliphatic heterocycles. The second kappa shape index (κ2) is 5.11. The normalized spacial score (nSPS) is 10.6. The second-order valence-corrected chi connectivity index (χ2v) is 2.95. The molecule has 0 aromatic carbocycles. The number of aromatic nitrogens is 1. The van der Waals surface area contributed by atoms with E-state index in [1.165, 1.54) is 6.21 Å². The van der Waals surface area contributed by atoms with Crippen molar-refractivity contribution in [2.45, 2.75) is 19.9 Å². The zero-order valence-corrected chi connectivity index (χ0v) is 8.05. The molecule has 1 aromatic rings. The Morgan fingerprint density at radius 1 is 1.71 bits per heavy atom. The first-order valence-corrected chi connectivity index (χ1v) is 4.44. The number of hydrogen-bond donors (Lipinski definition) is 1. The molecule has 0 saturated heterocycles. The first-order chi connectivity index (χ1) is 6.76. The summed E-state index contributed by atoms with van der Waals surface area (Å²) in [4.78, 5) is 11.1. The van der Waals surface area contributed by atoms with Gasteiger partial charge in [0, 0.05) is 12.5 Å². The number of nitrogens with zero attached hydrogens (tertiary/aromatic N) is 2. The topological polar surface area (TPSA) is 53.5 Å². The van der Waals surface area contributed by atoms with E-state index in [0.29, 0.717) is 13.0 Å². The molecule has 0 atom stereocenters. The summed E-state index contributed by atoms with van der Waals surface area (Å²) < 4.78 is 1.77. The Kier molecular flexibility index (Phi) is 3.79. The Morgan fingerprint density at radius 3 is 3.14 bits per heavy atom. The first kappa shape index (κ1) is 10.4. The second-order valence-electron chi connectivity index (χ2n) is 2.95. The zero-order valence-electron chi connectivity index (χ0n) is 8.05. The van der Waals surface area contributed by atoms with Gasteiger partial charge in [0.15, 0.2) is 18.2 Å². The smallest absolute Gasteiger partial charge is 0.206 e. The molecule has 1 aromatic heterocycles. The summed E-state index contributed by atoms with van der Waals surface area (Å²) in [5.41, 5.74) is 0.763. The third-order valence-electron chi connectivity index (χ3n) is 1.84. The predicted octanol–water partition coefficient (Wildman–Crippen LogP) is 0.761. The van der Waals surface area contributed by atoms with E-state index in [1.807, 2.05) is 13.1 Å². The summed E-state index contributed by atoms with van der Waals surface area (Å²) in [6.07, 6.45) is 5.42. The Morgan fingerprint density at radius 2 is 2.50 bits per heavy atom. The minimum absolute atomic E-state index is 0.174. The molecule has 0 unspecified atom stereocenters. The van der Waals surface area contributed by atoms with Crippen LogP contribution in [-0.4, -0.2) is 17.2 Å². The van der Waals surface area contributed by atoms with E-state index in [4.69, 9.17) is 5.21 Å². The summed E-state index contributed by atoms with van der Waals surface area (Å²) in [5.74, 6) is 0.174. The standard InChI is InChI=1S/C10H12N2O2/c1-2-10(13)8-12-5-3-4-9(7-12)6-11-14/h3-7H,2,8H2,1H3/p+1. The molecule has 1 rings (SSSR count). The monoisotopic (exact) mass is 193 g/mol. The minimum atomic E-state index is 0.174. The highest BCUT2D eigenvalue weighted by molar-refractivity contribution is 5.78. The number of pyridine rings is 1. The van der Waals surface area contributed by atoms with Crippen LogP contribution in [0.25, 0.3) is 0 Å². The largest absolute Gasteiger partial charge is 0.411 e. The van der Waals surface area contributed by atoms with Gasteiger partial charge in [-0.1, -0.05) is 12.1 Å². The van der Waals surface area contributed by atoms with E-state index < -0.39 is 0 Å². The fourth-order valence-corrected chi connectivity index (χ4v) is 1.10. The molecule has 0 spiro atoms. The molecule has 1 heterocycles. The number of oxime groups is 1.